The summed E-state index contributed by atoms with van der Waals surface area (Å²) in [5, 5.41) is 9.64. The number of aliphatic hydroxyl groups is 1. The van der Waals surface area contributed by atoms with E-state index in [2.05, 4.69) is 29.6 Å². The van der Waals surface area contributed by atoms with Gasteiger partial charge in [0, 0.05) is 36.6 Å². The lowest BCUT2D eigenvalue weighted by molar-refractivity contribution is -0.129. The van der Waals surface area contributed by atoms with E-state index in [-0.39, 0.29) is 18.9 Å². The SMILES string of the molecule is C=CC[C@]1(C(=O)NNCc2cccc(Cl)c2)N=C(c2ccc(OCCCO)cc2)O[C@H]1c1ccc(-c2ccccc2)cc1. The minimum atomic E-state index is -1.32. The second-order valence-corrected chi connectivity index (χ2v) is 10.6. The molecule has 220 valence electrons. The van der Waals surface area contributed by atoms with Gasteiger partial charge in [-0.05, 0) is 58.7 Å². The van der Waals surface area contributed by atoms with E-state index in [1.54, 1.807) is 12.1 Å². The van der Waals surface area contributed by atoms with Gasteiger partial charge in [0.05, 0.1) is 6.61 Å². The smallest absolute Gasteiger partial charge is 0.266 e. The maximum Gasteiger partial charge on any atom is 0.266 e. The molecule has 0 aliphatic carbocycles. The molecule has 0 aromatic heterocycles. The third-order valence-corrected chi connectivity index (χ3v) is 7.42. The Morgan fingerprint density at radius 3 is 2.40 bits per heavy atom. The first-order valence-corrected chi connectivity index (χ1v) is 14.5. The maximum absolute atomic E-state index is 14.0. The second-order valence-electron chi connectivity index (χ2n) is 10.2. The van der Waals surface area contributed by atoms with Gasteiger partial charge in [0.25, 0.3) is 5.91 Å². The molecule has 4 aromatic carbocycles. The first kappa shape index (κ1) is 30.0. The molecule has 0 saturated carbocycles. The Labute approximate surface area is 256 Å². The van der Waals surface area contributed by atoms with Crippen molar-refractivity contribution in [3.8, 4) is 16.9 Å². The molecule has 8 heteroatoms. The maximum atomic E-state index is 14.0. The fourth-order valence-electron chi connectivity index (χ4n) is 5.00. The van der Waals surface area contributed by atoms with Crippen molar-refractivity contribution in [2.75, 3.05) is 13.2 Å². The summed E-state index contributed by atoms with van der Waals surface area (Å²) in [7, 11) is 0. The van der Waals surface area contributed by atoms with Gasteiger partial charge in [0.1, 0.15) is 5.75 Å². The number of hydrogen-bond donors (Lipinski definition) is 3. The van der Waals surface area contributed by atoms with Crippen molar-refractivity contribution >= 4 is 23.4 Å². The van der Waals surface area contributed by atoms with Crippen molar-refractivity contribution in [1.82, 2.24) is 10.9 Å². The molecule has 5 rings (SSSR count). The average Bonchev–Trinajstić information content (AvgIpc) is 3.43. The summed E-state index contributed by atoms with van der Waals surface area (Å²) in [6, 6.07) is 32.9. The Morgan fingerprint density at radius 2 is 1.70 bits per heavy atom. The highest BCUT2D eigenvalue weighted by molar-refractivity contribution is 6.30. The quantitative estimate of drug-likeness (QED) is 0.0942. The number of benzene rings is 4. The summed E-state index contributed by atoms with van der Waals surface area (Å²) in [6.45, 7) is 4.80. The van der Waals surface area contributed by atoms with E-state index in [9.17, 15) is 4.79 Å². The summed E-state index contributed by atoms with van der Waals surface area (Å²) < 4.78 is 12.2. The van der Waals surface area contributed by atoms with Crippen LogP contribution in [0.15, 0.2) is 121 Å². The molecule has 43 heavy (non-hydrogen) atoms. The number of rotatable bonds is 13. The van der Waals surface area contributed by atoms with Crippen molar-refractivity contribution < 1.29 is 19.4 Å². The number of nitrogens with one attached hydrogen (secondary N) is 2. The lowest BCUT2D eigenvalue weighted by atomic mass is 9.84. The Balaban J connectivity index is 1.44. The molecule has 4 aromatic rings. The Bertz CT molecular complexity index is 1560. The van der Waals surface area contributed by atoms with Crippen LogP contribution >= 0.6 is 11.6 Å². The molecule has 1 aliphatic rings. The average molecular weight is 596 g/mol. The van der Waals surface area contributed by atoms with Gasteiger partial charge in [-0.3, -0.25) is 10.2 Å². The molecule has 0 unspecified atom stereocenters. The molecule has 1 amide bonds. The van der Waals surface area contributed by atoms with Gasteiger partial charge >= 0.3 is 0 Å². The zero-order chi connectivity index (χ0) is 30.1. The van der Waals surface area contributed by atoms with Crippen LogP contribution in [0.2, 0.25) is 5.02 Å². The number of hydrazine groups is 1. The van der Waals surface area contributed by atoms with E-state index in [4.69, 9.17) is 31.2 Å². The first-order valence-electron chi connectivity index (χ1n) is 14.2. The molecule has 7 nitrogen and oxygen atoms in total. The van der Waals surface area contributed by atoms with Crippen LogP contribution in [0.5, 0.6) is 5.75 Å². The van der Waals surface area contributed by atoms with Gasteiger partial charge in [-0.15, -0.1) is 6.58 Å². The lowest BCUT2D eigenvalue weighted by Gasteiger charge is -2.29. The highest BCUT2D eigenvalue weighted by Gasteiger charge is 2.52. The van der Waals surface area contributed by atoms with Gasteiger partial charge in [0.2, 0.25) is 5.90 Å². The minimum absolute atomic E-state index is 0.0673. The molecule has 0 radical (unpaired) electrons. The van der Waals surface area contributed by atoms with Crippen LogP contribution in [0.4, 0.5) is 0 Å². The van der Waals surface area contributed by atoms with E-state index in [1.165, 1.54) is 0 Å². The standard InChI is InChI=1S/C35H34ClN3O4/c1-2-20-35(34(41)39-37-24-25-8-6-11-30(36)23-25)32(28-14-12-27(13-15-28)26-9-4-3-5-10-26)43-33(38-35)29-16-18-31(19-17-29)42-22-7-21-40/h2-6,8-19,23,32,37,40H,1,7,20-22,24H2,(H,39,41)/t32-,35-/m0/s1. The third-order valence-electron chi connectivity index (χ3n) is 7.19. The Morgan fingerprint density at radius 1 is 0.977 bits per heavy atom. The predicted octanol–water partition coefficient (Wildman–Crippen LogP) is 6.42. The number of aliphatic imine (C=N–C) groups is 1. The van der Waals surface area contributed by atoms with Gasteiger partial charge in [0.15, 0.2) is 11.6 Å². The minimum Gasteiger partial charge on any atom is -0.494 e. The third kappa shape index (κ3) is 7.14. The van der Waals surface area contributed by atoms with Crippen LogP contribution in [0, 0.1) is 0 Å². The summed E-state index contributed by atoms with van der Waals surface area (Å²) in [4.78, 5) is 18.9. The van der Waals surface area contributed by atoms with Crippen LogP contribution in [-0.4, -0.2) is 35.7 Å². The number of carbonyl (C=O) groups is 1. The number of halogens is 1. The number of nitrogens with zero attached hydrogens (tertiary/aromatic N) is 1. The highest BCUT2D eigenvalue weighted by Crippen LogP contribution is 2.43. The monoisotopic (exact) mass is 595 g/mol. The van der Waals surface area contributed by atoms with Crippen molar-refractivity contribution in [3.05, 3.63) is 137 Å². The molecule has 3 N–H and O–H groups in total. The number of hydrogen-bond acceptors (Lipinski definition) is 6. The van der Waals surface area contributed by atoms with Crippen LogP contribution in [-0.2, 0) is 16.1 Å². The van der Waals surface area contributed by atoms with Crippen LogP contribution in [0.25, 0.3) is 11.1 Å². The fourth-order valence-corrected chi connectivity index (χ4v) is 5.21. The van der Waals surface area contributed by atoms with E-state index in [1.807, 2.05) is 84.9 Å². The largest absolute Gasteiger partial charge is 0.494 e. The summed E-state index contributed by atoms with van der Waals surface area (Å²) in [5.74, 6) is 0.681. The van der Waals surface area contributed by atoms with Crippen molar-refractivity contribution in [2.45, 2.75) is 31.0 Å². The van der Waals surface area contributed by atoms with E-state index >= 15 is 0 Å². The van der Waals surface area contributed by atoms with Crippen molar-refractivity contribution in [3.63, 3.8) is 0 Å². The molecule has 0 bridgehead atoms. The number of carbonyl (C=O) groups excluding carboxylic acids is 1. The molecule has 1 heterocycles. The van der Waals surface area contributed by atoms with E-state index < -0.39 is 11.6 Å². The first-order chi connectivity index (χ1) is 21.0. The van der Waals surface area contributed by atoms with Crippen LogP contribution in [0.3, 0.4) is 0 Å². The van der Waals surface area contributed by atoms with Gasteiger partial charge in [-0.1, -0.05) is 84.4 Å². The predicted molar refractivity (Wildman–Crippen MR) is 170 cm³/mol. The summed E-state index contributed by atoms with van der Waals surface area (Å²) in [5.41, 5.74) is 9.17. The molecule has 1 aliphatic heterocycles. The van der Waals surface area contributed by atoms with Gasteiger partial charge < -0.3 is 14.6 Å². The van der Waals surface area contributed by atoms with Crippen LogP contribution in [0.1, 0.15) is 35.6 Å². The second kappa shape index (κ2) is 14.2. The fraction of sp³-hybridized carbons (Fsp3) is 0.200. The highest BCUT2D eigenvalue weighted by atomic mass is 35.5. The molecular weight excluding hydrogens is 562 g/mol. The van der Waals surface area contributed by atoms with Crippen molar-refractivity contribution in [1.29, 1.82) is 0 Å². The molecular formula is C35H34ClN3O4. The molecule has 2 atom stereocenters. The summed E-state index contributed by atoms with van der Waals surface area (Å²) in [6.07, 6.45) is 1.77. The number of ether oxygens (including phenoxy) is 2. The zero-order valence-corrected chi connectivity index (χ0v) is 24.5. The number of aliphatic hydroxyl groups excluding tert-OH is 1. The Kier molecular flexibility index (Phi) is 9.89. The van der Waals surface area contributed by atoms with Gasteiger partial charge in [-0.2, -0.15) is 0 Å². The normalized spacial score (nSPS) is 17.5. The van der Waals surface area contributed by atoms with Crippen LogP contribution < -0.4 is 15.6 Å². The topological polar surface area (TPSA) is 92.2 Å². The molecule has 0 fully saturated rings. The van der Waals surface area contributed by atoms with Crippen molar-refractivity contribution in [2.24, 2.45) is 4.99 Å². The summed E-state index contributed by atoms with van der Waals surface area (Å²) >= 11 is 6.13. The molecule has 0 saturated heterocycles. The lowest BCUT2D eigenvalue weighted by Crippen LogP contribution is -2.52. The zero-order valence-electron chi connectivity index (χ0n) is 23.7. The van der Waals surface area contributed by atoms with E-state index in [0.717, 1.165) is 22.3 Å². The van der Waals surface area contributed by atoms with E-state index in [0.29, 0.717) is 41.8 Å². The Hall–Kier alpha value is -4.43. The number of amides is 1. The van der Waals surface area contributed by atoms with Gasteiger partial charge in [-0.25, -0.2) is 10.4 Å². The molecule has 0 spiro atoms.